The summed E-state index contributed by atoms with van der Waals surface area (Å²) in [6, 6.07) is 6.69. The van der Waals surface area contributed by atoms with E-state index in [1.54, 1.807) is 6.07 Å². The fourth-order valence-corrected chi connectivity index (χ4v) is 1.78. The van der Waals surface area contributed by atoms with E-state index < -0.39 is 5.63 Å². The van der Waals surface area contributed by atoms with Crippen LogP contribution in [-0.2, 0) is 6.54 Å². The van der Waals surface area contributed by atoms with Gasteiger partial charge in [0, 0.05) is 20.8 Å². The number of azide groups is 1. The number of hydrogen-bond acceptors (Lipinski definition) is 3. The minimum absolute atomic E-state index is 0.139. The van der Waals surface area contributed by atoms with Crippen LogP contribution in [0.4, 0.5) is 0 Å². The first-order chi connectivity index (χ1) is 7.70. The molecule has 0 N–H and O–H groups in total. The van der Waals surface area contributed by atoms with Crippen molar-refractivity contribution in [3.63, 3.8) is 0 Å². The topological polar surface area (TPSA) is 79.0 Å². The van der Waals surface area contributed by atoms with E-state index in [-0.39, 0.29) is 6.54 Å². The summed E-state index contributed by atoms with van der Waals surface area (Å²) in [5, 5.41) is 4.22. The Bertz CT molecular complexity index is 644. The normalized spacial score (nSPS) is 10.1. The number of nitrogens with zero attached hydrogens (tertiary/aromatic N) is 3. The van der Waals surface area contributed by atoms with Crippen LogP contribution >= 0.6 is 15.9 Å². The number of benzene rings is 1. The van der Waals surface area contributed by atoms with Crippen LogP contribution in [0.25, 0.3) is 21.4 Å². The fraction of sp³-hybridized carbons (Fsp3) is 0.100. The second-order valence-electron chi connectivity index (χ2n) is 3.12. The van der Waals surface area contributed by atoms with Crippen molar-refractivity contribution in [2.24, 2.45) is 5.11 Å². The van der Waals surface area contributed by atoms with Crippen LogP contribution in [0.3, 0.4) is 0 Å². The van der Waals surface area contributed by atoms with Crippen molar-refractivity contribution in [1.29, 1.82) is 0 Å². The Morgan fingerprint density at radius 3 is 3.00 bits per heavy atom. The first-order valence-corrected chi connectivity index (χ1v) is 5.23. The summed E-state index contributed by atoms with van der Waals surface area (Å²) in [5.41, 5.74) is 8.95. The van der Waals surface area contributed by atoms with Crippen LogP contribution in [0.15, 0.2) is 43.1 Å². The number of halogens is 1. The van der Waals surface area contributed by atoms with Gasteiger partial charge in [-0.3, -0.25) is 0 Å². The minimum atomic E-state index is -0.450. The number of fused-ring (bicyclic) bond motifs is 1. The number of rotatable bonds is 2. The molecule has 1 heterocycles. The quantitative estimate of drug-likeness (QED) is 0.366. The van der Waals surface area contributed by atoms with Gasteiger partial charge < -0.3 is 4.42 Å². The van der Waals surface area contributed by atoms with E-state index in [4.69, 9.17) is 9.95 Å². The van der Waals surface area contributed by atoms with E-state index in [1.165, 1.54) is 6.07 Å². The molecule has 1 aromatic carbocycles. The Kier molecular flexibility index (Phi) is 2.94. The summed E-state index contributed by atoms with van der Waals surface area (Å²) in [4.78, 5) is 13.9. The van der Waals surface area contributed by atoms with Gasteiger partial charge in [0.05, 0.1) is 6.54 Å². The Hall–Kier alpha value is -1.78. The van der Waals surface area contributed by atoms with Crippen LogP contribution < -0.4 is 5.63 Å². The fourth-order valence-electron chi connectivity index (χ4n) is 1.44. The Labute approximate surface area is 98.4 Å². The van der Waals surface area contributed by atoms with Crippen molar-refractivity contribution < 1.29 is 4.42 Å². The third kappa shape index (κ3) is 2.08. The average molecular weight is 280 g/mol. The van der Waals surface area contributed by atoms with Crippen molar-refractivity contribution in [1.82, 2.24) is 0 Å². The standard InChI is InChI=1S/C10H6BrN3O2/c11-7-1-2-8-6(5-13-14-12)3-10(15)16-9(8)4-7/h1-4H,5H2. The second-order valence-corrected chi connectivity index (χ2v) is 4.04. The molecule has 1 aromatic heterocycles. The molecular weight excluding hydrogens is 274 g/mol. The highest BCUT2D eigenvalue weighted by Crippen LogP contribution is 2.21. The van der Waals surface area contributed by atoms with Gasteiger partial charge in [-0.1, -0.05) is 21.0 Å². The van der Waals surface area contributed by atoms with Gasteiger partial charge in [-0.15, -0.1) is 0 Å². The summed E-state index contributed by atoms with van der Waals surface area (Å²) >= 11 is 3.29. The molecule has 0 unspecified atom stereocenters. The lowest BCUT2D eigenvalue weighted by atomic mass is 10.1. The highest BCUT2D eigenvalue weighted by atomic mass is 79.9. The molecule has 16 heavy (non-hydrogen) atoms. The molecule has 0 saturated carbocycles. The Morgan fingerprint density at radius 2 is 2.25 bits per heavy atom. The van der Waals surface area contributed by atoms with E-state index in [2.05, 4.69) is 26.0 Å². The van der Waals surface area contributed by atoms with E-state index in [1.807, 2.05) is 12.1 Å². The molecule has 0 aliphatic rings. The maximum atomic E-state index is 11.3. The van der Waals surface area contributed by atoms with Crippen molar-refractivity contribution in [3.8, 4) is 0 Å². The van der Waals surface area contributed by atoms with Gasteiger partial charge in [-0.25, -0.2) is 4.79 Å². The maximum absolute atomic E-state index is 11.3. The molecule has 5 nitrogen and oxygen atoms in total. The van der Waals surface area contributed by atoms with Crippen LogP contribution in [0.5, 0.6) is 0 Å². The summed E-state index contributed by atoms with van der Waals surface area (Å²) in [7, 11) is 0. The highest BCUT2D eigenvalue weighted by Gasteiger charge is 2.04. The zero-order chi connectivity index (χ0) is 11.5. The van der Waals surface area contributed by atoms with Crippen LogP contribution in [0, 0.1) is 0 Å². The predicted molar refractivity (Wildman–Crippen MR) is 63.0 cm³/mol. The van der Waals surface area contributed by atoms with Gasteiger partial charge in [-0.2, -0.15) is 0 Å². The second kappa shape index (κ2) is 4.38. The van der Waals surface area contributed by atoms with E-state index in [9.17, 15) is 4.79 Å². The third-order valence-corrected chi connectivity index (χ3v) is 2.59. The summed E-state index contributed by atoms with van der Waals surface area (Å²) in [6.45, 7) is 0.139. The van der Waals surface area contributed by atoms with Gasteiger partial charge >= 0.3 is 5.63 Å². The molecule has 2 rings (SSSR count). The largest absolute Gasteiger partial charge is 0.423 e. The predicted octanol–water partition coefficient (Wildman–Crippen LogP) is 3.37. The molecule has 0 radical (unpaired) electrons. The van der Waals surface area contributed by atoms with Crippen LogP contribution in [-0.4, -0.2) is 0 Å². The lowest BCUT2D eigenvalue weighted by Crippen LogP contribution is -1.99. The molecule has 0 spiro atoms. The van der Waals surface area contributed by atoms with Crippen molar-refractivity contribution >= 4 is 26.9 Å². The zero-order valence-electron chi connectivity index (χ0n) is 8.05. The summed E-state index contributed by atoms with van der Waals surface area (Å²) in [5.74, 6) is 0. The van der Waals surface area contributed by atoms with Crippen molar-refractivity contribution in [2.45, 2.75) is 6.54 Å². The van der Waals surface area contributed by atoms with E-state index in [0.717, 1.165) is 9.86 Å². The molecule has 6 heteroatoms. The highest BCUT2D eigenvalue weighted by molar-refractivity contribution is 9.10. The smallest absolute Gasteiger partial charge is 0.336 e. The molecule has 0 aliphatic carbocycles. The maximum Gasteiger partial charge on any atom is 0.336 e. The first-order valence-electron chi connectivity index (χ1n) is 4.44. The lowest BCUT2D eigenvalue weighted by molar-refractivity contribution is 0.558. The molecular formula is C10H6BrN3O2. The third-order valence-electron chi connectivity index (χ3n) is 2.10. The van der Waals surface area contributed by atoms with Crippen LogP contribution in [0.1, 0.15) is 5.56 Å². The van der Waals surface area contributed by atoms with Gasteiger partial charge in [0.2, 0.25) is 0 Å². The van der Waals surface area contributed by atoms with Gasteiger partial charge in [0.1, 0.15) is 5.58 Å². The first kappa shape index (κ1) is 10.7. The Balaban J connectivity index is 2.72. The van der Waals surface area contributed by atoms with E-state index in [0.29, 0.717) is 11.1 Å². The zero-order valence-corrected chi connectivity index (χ0v) is 9.64. The average Bonchev–Trinajstić information content (AvgIpc) is 2.25. The molecule has 0 aliphatic heterocycles. The van der Waals surface area contributed by atoms with Crippen molar-refractivity contribution in [2.75, 3.05) is 0 Å². The van der Waals surface area contributed by atoms with Gasteiger partial charge in [0.15, 0.2) is 0 Å². The molecule has 80 valence electrons. The lowest BCUT2D eigenvalue weighted by Gasteiger charge is -2.02. The summed E-state index contributed by atoms with van der Waals surface area (Å²) < 4.78 is 5.87. The number of hydrogen-bond donors (Lipinski definition) is 0. The summed E-state index contributed by atoms with van der Waals surface area (Å²) in [6.07, 6.45) is 0. The molecule has 2 aromatic rings. The molecule has 0 atom stereocenters. The van der Waals surface area contributed by atoms with Gasteiger partial charge in [0.25, 0.3) is 0 Å². The molecule has 0 bridgehead atoms. The molecule has 0 saturated heterocycles. The minimum Gasteiger partial charge on any atom is -0.423 e. The monoisotopic (exact) mass is 279 g/mol. The van der Waals surface area contributed by atoms with Gasteiger partial charge in [-0.05, 0) is 29.3 Å². The SMILES string of the molecule is [N-]=[N+]=NCc1cc(=O)oc2cc(Br)ccc12. The van der Waals surface area contributed by atoms with E-state index >= 15 is 0 Å². The van der Waals surface area contributed by atoms with Crippen molar-refractivity contribution in [3.05, 3.63) is 55.2 Å². The molecule has 0 amide bonds. The van der Waals surface area contributed by atoms with Crippen LogP contribution in [0.2, 0.25) is 0 Å². The Morgan fingerprint density at radius 1 is 1.44 bits per heavy atom. The molecule has 0 fully saturated rings.